The molecule has 36 heavy (non-hydrogen) atoms. The van der Waals surface area contributed by atoms with Crippen molar-refractivity contribution in [1.82, 2.24) is 14.4 Å². The lowest BCUT2D eigenvalue weighted by Gasteiger charge is -2.38. The van der Waals surface area contributed by atoms with E-state index in [1.165, 1.54) is 37.1 Å². The van der Waals surface area contributed by atoms with E-state index in [9.17, 15) is 26.7 Å². The standard InChI is InChI=1S/C22H32N4O8S2/c1-13-10-26(14(2)12-27)22(28)18-9-17(24-35(6,29)30)7-8-19(18)33-20(13)11-25(5)36(31,32)21-15(3)23-34-16(21)4/h7-9,13-14,20,24,27H,10-12H2,1-6H3/t13-,14+,20-/m1/s1. The van der Waals surface area contributed by atoms with Crippen LogP contribution < -0.4 is 9.46 Å². The number of carbonyl (C=O) groups excluding carboxylic acids is 1. The summed E-state index contributed by atoms with van der Waals surface area (Å²) in [4.78, 5) is 14.9. The topological polar surface area (TPSA) is 159 Å². The maximum absolute atomic E-state index is 13.4. The Labute approximate surface area is 211 Å². The molecule has 2 aromatic rings. The van der Waals surface area contributed by atoms with E-state index in [0.29, 0.717) is 0 Å². The van der Waals surface area contributed by atoms with Crippen LogP contribution in [0.3, 0.4) is 0 Å². The number of sulfonamides is 2. The molecule has 0 aliphatic carbocycles. The molecule has 200 valence electrons. The highest BCUT2D eigenvalue weighted by atomic mass is 32.2. The third-order valence-electron chi connectivity index (χ3n) is 6.04. The summed E-state index contributed by atoms with van der Waals surface area (Å²) in [5.74, 6) is -0.414. The first-order chi connectivity index (χ1) is 16.7. The van der Waals surface area contributed by atoms with E-state index in [1.54, 1.807) is 13.8 Å². The van der Waals surface area contributed by atoms with Crippen LogP contribution in [0.5, 0.6) is 5.75 Å². The molecule has 1 aromatic heterocycles. The van der Waals surface area contributed by atoms with Gasteiger partial charge in [-0.15, -0.1) is 0 Å². The number of likely N-dealkylation sites (N-methyl/N-ethyl adjacent to an activating group) is 1. The molecule has 2 heterocycles. The highest BCUT2D eigenvalue weighted by Gasteiger charge is 2.36. The number of anilines is 1. The molecule has 0 bridgehead atoms. The second kappa shape index (κ2) is 10.4. The molecule has 1 aliphatic rings. The predicted octanol–water partition coefficient (Wildman–Crippen LogP) is 1.20. The lowest BCUT2D eigenvalue weighted by molar-refractivity contribution is 0.0387. The molecule has 0 fully saturated rings. The van der Waals surface area contributed by atoms with Crippen molar-refractivity contribution in [2.75, 3.05) is 37.7 Å². The molecule has 0 saturated carbocycles. The van der Waals surface area contributed by atoms with Crippen molar-refractivity contribution in [3.63, 3.8) is 0 Å². The number of hydrogen-bond acceptors (Lipinski definition) is 9. The van der Waals surface area contributed by atoms with Gasteiger partial charge in [0.05, 0.1) is 31.0 Å². The van der Waals surface area contributed by atoms with E-state index < -0.39 is 38.1 Å². The molecule has 1 amide bonds. The Balaban J connectivity index is 2.01. The van der Waals surface area contributed by atoms with Crippen LogP contribution in [0, 0.1) is 19.8 Å². The molecule has 1 aromatic carbocycles. The number of benzene rings is 1. The van der Waals surface area contributed by atoms with Crippen molar-refractivity contribution in [3.8, 4) is 5.75 Å². The van der Waals surface area contributed by atoms with Gasteiger partial charge in [-0.1, -0.05) is 12.1 Å². The summed E-state index contributed by atoms with van der Waals surface area (Å²) in [6.07, 6.45) is 0.314. The van der Waals surface area contributed by atoms with Gasteiger partial charge in [0, 0.05) is 25.2 Å². The van der Waals surface area contributed by atoms with Crippen LogP contribution in [-0.4, -0.2) is 87.4 Å². The molecular weight excluding hydrogens is 512 g/mol. The fraction of sp³-hybridized carbons (Fsp3) is 0.545. The van der Waals surface area contributed by atoms with Crippen LogP contribution in [0.2, 0.25) is 0 Å². The van der Waals surface area contributed by atoms with Crippen LogP contribution in [0.15, 0.2) is 27.6 Å². The van der Waals surface area contributed by atoms with Gasteiger partial charge in [-0.3, -0.25) is 9.52 Å². The quantitative estimate of drug-likeness (QED) is 0.498. The molecule has 0 unspecified atom stereocenters. The van der Waals surface area contributed by atoms with E-state index in [-0.39, 0.29) is 59.0 Å². The zero-order valence-corrected chi connectivity index (χ0v) is 22.7. The number of aliphatic hydroxyl groups excluding tert-OH is 1. The first-order valence-corrected chi connectivity index (χ1v) is 14.6. The number of carbonyl (C=O) groups is 1. The number of nitrogens with one attached hydrogen (secondary N) is 1. The Bertz CT molecular complexity index is 1320. The molecule has 3 atom stereocenters. The molecular formula is C22H32N4O8S2. The van der Waals surface area contributed by atoms with Gasteiger partial charge in [0.25, 0.3) is 5.91 Å². The van der Waals surface area contributed by atoms with Crippen molar-refractivity contribution >= 4 is 31.6 Å². The smallest absolute Gasteiger partial charge is 0.258 e. The number of nitrogens with zero attached hydrogens (tertiary/aromatic N) is 3. The van der Waals surface area contributed by atoms with Crippen LogP contribution in [0.25, 0.3) is 0 Å². The Morgan fingerprint density at radius 2 is 1.94 bits per heavy atom. The number of amides is 1. The predicted molar refractivity (Wildman–Crippen MR) is 132 cm³/mol. The van der Waals surface area contributed by atoms with Crippen LogP contribution in [-0.2, 0) is 20.0 Å². The minimum atomic E-state index is -3.95. The zero-order valence-electron chi connectivity index (χ0n) is 21.0. The van der Waals surface area contributed by atoms with Crippen molar-refractivity contribution in [1.29, 1.82) is 0 Å². The van der Waals surface area contributed by atoms with Gasteiger partial charge in [0.15, 0.2) is 5.76 Å². The van der Waals surface area contributed by atoms with E-state index in [0.717, 1.165) is 10.6 Å². The number of aliphatic hydroxyl groups is 1. The molecule has 14 heteroatoms. The molecule has 0 spiro atoms. The minimum absolute atomic E-state index is 0.00824. The summed E-state index contributed by atoms with van der Waals surface area (Å²) in [6, 6.07) is 3.76. The summed E-state index contributed by atoms with van der Waals surface area (Å²) < 4.78 is 64.7. The van der Waals surface area contributed by atoms with Gasteiger partial charge in [-0.25, -0.2) is 16.8 Å². The number of rotatable bonds is 8. The summed E-state index contributed by atoms with van der Waals surface area (Å²) in [6.45, 7) is 6.42. The largest absolute Gasteiger partial charge is 0.488 e. The Morgan fingerprint density at radius 3 is 2.50 bits per heavy atom. The summed E-state index contributed by atoms with van der Waals surface area (Å²) in [5.41, 5.74) is 0.515. The van der Waals surface area contributed by atoms with E-state index >= 15 is 0 Å². The number of ether oxygens (including phenoxy) is 1. The Morgan fingerprint density at radius 1 is 1.28 bits per heavy atom. The van der Waals surface area contributed by atoms with Crippen molar-refractivity contribution in [2.45, 2.75) is 44.7 Å². The summed E-state index contributed by atoms with van der Waals surface area (Å²) >= 11 is 0. The number of aromatic nitrogens is 1. The number of fused-ring (bicyclic) bond motifs is 1. The van der Waals surface area contributed by atoms with Gasteiger partial charge in [0.2, 0.25) is 20.0 Å². The molecule has 12 nitrogen and oxygen atoms in total. The van der Waals surface area contributed by atoms with Crippen LogP contribution in [0.4, 0.5) is 5.69 Å². The average molecular weight is 545 g/mol. The van der Waals surface area contributed by atoms with Gasteiger partial charge in [0.1, 0.15) is 22.4 Å². The Hall–Kier alpha value is -2.68. The van der Waals surface area contributed by atoms with Crippen molar-refractivity contribution in [2.24, 2.45) is 5.92 Å². The number of aryl methyl sites for hydroxylation is 2. The molecule has 1 aliphatic heterocycles. The highest BCUT2D eigenvalue weighted by Crippen LogP contribution is 2.32. The molecule has 3 rings (SSSR count). The third-order valence-corrected chi connectivity index (χ3v) is 8.72. The van der Waals surface area contributed by atoms with Gasteiger partial charge in [-0.05, 0) is 39.0 Å². The molecule has 0 radical (unpaired) electrons. The Kier molecular flexibility index (Phi) is 8.03. The first kappa shape index (κ1) is 27.9. The van der Waals surface area contributed by atoms with Gasteiger partial charge >= 0.3 is 0 Å². The second-order valence-corrected chi connectivity index (χ2v) is 12.9. The third kappa shape index (κ3) is 5.82. The SMILES string of the molecule is Cc1noc(C)c1S(=O)(=O)N(C)C[C@H]1Oc2ccc(NS(C)(=O)=O)cc2C(=O)N([C@@H](C)CO)C[C@H]1C. The van der Waals surface area contributed by atoms with Crippen molar-refractivity contribution < 1.29 is 36.0 Å². The molecule has 2 N–H and O–H groups in total. The normalized spacial score (nSPS) is 19.9. The van der Waals surface area contributed by atoms with E-state index in [1.807, 2.05) is 6.92 Å². The fourth-order valence-corrected chi connectivity index (χ4v) is 6.09. The molecule has 0 saturated heterocycles. The summed E-state index contributed by atoms with van der Waals surface area (Å²) in [5, 5.41) is 13.5. The second-order valence-electron chi connectivity index (χ2n) is 9.15. The lowest BCUT2D eigenvalue weighted by Crippen LogP contribution is -2.50. The van der Waals surface area contributed by atoms with Gasteiger partial charge in [-0.2, -0.15) is 4.31 Å². The van der Waals surface area contributed by atoms with Crippen molar-refractivity contribution in [3.05, 3.63) is 35.2 Å². The maximum Gasteiger partial charge on any atom is 0.258 e. The first-order valence-electron chi connectivity index (χ1n) is 11.2. The van der Waals surface area contributed by atoms with Gasteiger partial charge < -0.3 is 19.3 Å². The highest BCUT2D eigenvalue weighted by molar-refractivity contribution is 7.92. The fourth-order valence-electron chi connectivity index (χ4n) is 4.07. The zero-order chi connectivity index (χ0) is 27.0. The lowest BCUT2D eigenvalue weighted by atomic mass is 9.99. The monoisotopic (exact) mass is 544 g/mol. The van der Waals surface area contributed by atoms with Crippen LogP contribution >= 0.6 is 0 Å². The average Bonchev–Trinajstić information content (AvgIpc) is 3.13. The van der Waals surface area contributed by atoms with E-state index in [2.05, 4.69) is 9.88 Å². The summed E-state index contributed by atoms with van der Waals surface area (Å²) in [7, 11) is -6.12. The van der Waals surface area contributed by atoms with E-state index in [4.69, 9.17) is 9.26 Å². The number of hydrogen-bond donors (Lipinski definition) is 2. The maximum atomic E-state index is 13.4. The van der Waals surface area contributed by atoms with Crippen LogP contribution in [0.1, 0.15) is 35.7 Å². The minimum Gasteiger partial charge on any atom is -0.488 e.